The minimum atomic E-state index is -0.443. The van der Waals surface area contributed by atoms with Crippen molar-refractivity contribution >= 4 is 11.9 Å². The number of hydrogen-bond donors (Lipinski definition) is 2. The molecule has 0 unspecified atom stereocenters. The van der Waals surface area contributed by atoms with Gasteiger partial charge in [-0.25, -0.2) is 4.39 Å². The molecule has 1 aromatic heterocycles. The topological polar surface area (TPSA) is 90.7 Å². The molecule has 6 heteroatoms. The van der Waals surface area contributed by atoms with Crippen molar-refractivity contribution in [1.82, 2.24) is 15.0 Å². The highest BCUT2D eigenvalue weighted by atomic mass is 19.1. The third kappa shape index (κ3) is 2.64. The Morgan fingerprint density at radius 1 is 0.762 bits per heavy atom. The Morgan fingerprint density at radius 2 is 1.43 bits per heavy atom. The van der Waals surface area contributed by atoms with Crippen LogP contribution >= 0.6 is 0 Å². The second-order valence-corrected chi connectivity index (χ2v) is 4.44. The molecule has 1 heterocycles. The van der Waals surface area contributed by atoms with Crippen LogP contribution in [0, 0.1) is 5.82 Å². The molecule has 0 bridgehead atoms. The average Bonchev–Trinajstić information content (AvgIpc) is 2.47. The quantitative estimate of drug-likeness (QED) is 0.753. The summed E-state index contributed by atoms with van der Waals surface area (Å²) in [4.78, 5) is 11.5. The van der Waals surface area contributed by atoms with Crippen LogP contribution in [0.1, 0.15) is 0 Å². The second-order valence-electron chi connectivity index (χ2n) is 4.44. The Bertz CT molecular complexity index is 769. The molecule has 0 fully saturated rings. The van der Waals surface area contributed by atoms with Crippen LogP contribution in [-0.2, 0) is 0 Å². The number of anilines is 2. The van der Waals surface area contributed by atoms with Crippen LogP contribution in [0.15, 0.2) is 48.5 Å². The maximum Gasteiger partial charge on any atom is 0.225 e. The van der Waals surface area contributed by atoms with Gasteiger partial charge in [0.2, 0.25) is 11.9 Å². The Morgan fingerprint density at radius 3 is 2.05 bits per heavy atom. The van der Waals surface area contributed by atoms with Gasteiger partial charge in [0.15, 0.2) is 5.82 Å². The fourth-order valence-electron chi connectivity index (χ4n) is 2.04. The molecule has 2 aromatic carbocycles. The number of rotatable bonds is 2. The zero-order chi connectivity index (χ0) is 14.8. The molecule has 0 amide bonds. The lowest BCUT2D eigenvalue weighted by Crippen LogP contribution is -2.05. The molecule has 0 aliphatic rings. The minimum absolute atomic E-state index is 0.0379. The largest absolute Gasteiger partial charge is 0.368 e. The van der Waals surface area contributed by atoms with Gasteiger partial charge in [-0.3, -0.25) is 0 Å². The lowest BCUT2D eigenvalue weighted by molar-refractivity contribution is 0.630. The van der Waals surface area contributed by atoms with E-state index in [1.165, 1.54) is 6.07 Å². The van der Waals surface area contributed by atoms with Crippen LogP contribution in [0.5, 0.6) is 0 Å². The Balaban J connectivity index is 2.06. The third-order valence-electron chi connectivity index (χ3n) is 2.99. The molecule has 0 spiro atoms. The number of nitrogen functional groups attached to an aromatic ring is 2. The van der Waals surface area contributed by atoms with Gasteiger partial charge in [0, 0.05) is 0 Å². The van der Waals surface area contributed by atoms with Crippen LogP contribution in [0.25, 0.3) is 22.5 Å². The number of halogens is 1. The highest BCUT2D eigenvalue weighted by molar-refractivity contribution is 5.68. The molecule has 0 aliphatic carbocycles. The molecule has 0 saturated carbocycles. The lowest BCUT2D eigenvalue weighted by atomic mass is 10.0. The first-order chi connectivity index (χ1) is 10.1. The highest BCUT2D eigenvalue weighted by Gasteiger charge is 2.11. The summed E-state index contributed by atoms with van der Waals surface area (Å²) < 4.78 is 14.3. The van der Waals surface area contributed by atoms with E-state index >= 15 is 0 Å². The van der Waals surface area contributed by atoms with E-state index in [2.05, 4.69) is 15.0 Å². The van der Waals surface area contributed by atoms with Crippen LogP contribution in [0.4, 0.5) is 16.3 Å². The van der Waals surface area contributed by atoms with E-state index in [0.29, 0.717) is 0 Å². The van der Waals surface area contributed by atoms with Gasteiger partial charge in [-0.15, -0.1) is 0 Å². The van der Waals surface area contributed by atoms with Gasteiger partial charge in [-0.2, -0.15) is 15.0 Å². The van der Waals surface area contributed by atoms with E-state index < -0.39 is 5.82 Å². The molecular weight excluding hydrogens is 269 g/mol. The average molecular weight is 281 g/mol. The van der Waals surface area contributed by atoms with Crippen LogP contribution in [0.3, 0.4) is 0 Å². The monoisotopic (exact) mass is 281 g/mol. The van der Waals surface area contributed by atoms with Crippen molar-refractivity contribution < 1.29 is 4.39 Å². The van der Waals surface area contributed by atoms with Crippen LogP contribution < -0.4 is 11.5 Å². The number of benzene rings is 2. The summed E-state index contributed by atoms with van der Waals surface area (Å²) in [6.45, 7) is 0. The summed E-state index contributed by atoms with van der Waals surface area (Å²) >= 11 is 0. The van der Waals surface area contributed by atoms with E-state index in [9.17, 15) is 4.39 Å². The van der Waals surface area contributed by atoms with Crippen molar-refractivity contribution in [2.24, 2.45) is 0 Å². The second kappa shape index (κ2) is 5.16. The van der Waals surface area contributed by atoms with Gasteiger partial charge in [0.25, 0.3) is 0 Å². The molecule has 104 valence electrons. The first-order valence-corrected chi connectivity index (χ1v) is 6.26. The van der Waals surface area contributed by atoms with E-state index in [4.69, 9.17) is 11.5 Å². The minimum Gasteiger partial charge on any atom is -0.368 e. The fraction of sp³-hybridized carbons (Fsp3) is 0. The normalized spacial score (nSPS) is 10.5. The Kier molecular flexibility index (Phi) is 3.19. The predicted octanol–water partition coefficient (Wildman–Crippen LogP) is 2.51. The lowest BCUT2D eigenvalue weighted by Gasteiger charge is -2.06. The summed E-state index contributed by atoms with van der Waals surface area (Å²) in [6.07, 6.45) is 0. The zero-order valence-corrected chi connectivity index (χ0v) is 11.0. The number of nitrogens with two attached hydrogens (primary N) is 2. The van der Waals surface area contributed by atoms with E-state index in [0.717, 1.165) is 11.1 Å². The molecule has 0 aliphatic heterocycles. The SMILES string of the molecule is Nc1nc(N)nc(-c2ccc(-c3ccccc3)cc2F)n1. The highest BCUT2D eigenvalue weighted by Crippen LogP contribution is 2.26. The summed E-state index contributed by atoms with van der Waals surface area (Å²) in [6, 6.07) is 14.4. The van der Waals surface area contributed by atoms with Crippen molar-refractivity contribution in [3.8, 4) is 22.5 Å². The Hall–Kier alpha value is -3.02. The molecule has 4 N–H and O–H groups in total. The third-order valence-corrected chi connectivity index (χ3v) is 2.99. The number of hydrogen-bond acceptors (Lipinski definition) is 5. The van der Waals surface area contributed by atoms with Crippen molar-refractivity contribution in [3.05, 3.63) is 54.3 Å². The van der Waals surface area contributed by atoms with Crippen molar-refractivity contribution in [2.75, 3.05) is 11.5 Å². The predicted molar refractivity (Wildman–Crippen MR) is 79.5 cm³/mol. The maximum atomic E-state index is 14.3. The summed E-state index contributed by atoms with van der Waals surface area (Å²) in [7, 11) is 0. The smallest absolute Gasteiger partial charge is 0.225 e. The van der Waals surface area contributed by atoms with Crippen molar-refractivity contribution in [1.29, 1.82) is 0 Å². The molecule has 3 rings (SSSR count). The van der Waals surface area contributed by atoms with Gasteiger partial charge in [-0.05, 0) is 23.3 Å². The molecule has 21 heavy (non-hydrogen) atoms. The molecule has 3 aromatic rings. The van der Waals surface area contributed by atoms with E-state index in [-0.39, 0.29) is 23.3 Å². The van der Waals surface area contributed by atoms with Crippen molar-refractivity contribution in [3.63, 3.8) is 0 Å². The summed E-state index contributed by atoms with van der Waals surface area (Å²) in [5, 5.41) is 0. The van der Waals surface area contributed by atoms with E-state index in [1.807, 2.05) is 30.3 Å². The van der Waals surface area contributed by atoms with E-state index in [1.54, 1.807) is 12.1 Å². The standard InChI is InChI=1S/C15H12FN5/c16-12-8-10(9-4-2-1-3-5-9)6-7-11(12)13-19-14(17)21-15(18)20-13/h1-8H,(H4,17,18,19,20,21). The number of aromatic nitrogens is 3. The van der Waals surface area contributed by atoms with Crippen molar-refractivity contribution in [2.45, 2.75) is 0 Å². The molecule has 0 radical (unpaired) electrons. The zero-order valence-electron chi connectivity index (χ0n) is 11.0. The molecule has 0 atom stereocenters. The fourth-order valence-corrected chi connectivity index (χ4v) is 2.04. The van der Waals surface area contributed by atoms with Crippen LogP contribution in [0.2, 0.25) is 0 Å². The van der Waals surface area contributed by atoms with Gasteiger partial charge < -0.3 is 11.5 Å². The van der Waals surface area contributed by atoms with Gasteiger partial charge in [0.1, 0.15) is 5.82 Å². The summed E-state index contributed by atoms with van der Waals surface area (Å²) in [5.74, 6) is -0.397. The molecule has 5 nitrogen and oxygen atoms in total. The molecular formula is C15H12FN5. The summed E-state index contributed by atoms with van der Waals surface area (Å²) in [5.41, 5.74) is 12.9. The molecule has 0 saturated heterocycles. The number of nitrogens with zero attached hydrogens (tertiary/aromatic N) is 3. The van der Waals surface area contributed by atoms with Gasteiger partial charge in [0.05, 0.1) is 5.56 Å². The van der Waals surface area contributed by atoms with Gasteiger partial charge >= 0.3 is 0 Å². The maximum absolute atomic E-state index is 14.3. The van der Waals surface area contributed by atoms with Crippen LogP contribution in [-0.4, -0.2) is 15.0 Å². The van der Waals surface area contributed by atoms with Gasteiger partial charge in [-0.1, -0.05) is 36.4 Å². The first-order valence-electron chi connectivity index (χ1n) is 6.26. The first kappa shape index (κ1) is 13.0. The Labute approximate surface area is 120 Å².